The first-order valence-electron chi connectivity index (χ1n) is 7.62. The van der Waals surface area contributed by atoms with E-state index in [1.807, 2.05) is 29.9 Å². The zero-order valence-corrected chi connectivity index (χ0v) is 16.6. The minimum Gasteiger partial charge on any atom is -0.360 e. The second kappa shape index (κ2) is 7.43. The molecule has 0 atom stereocenters. The highest BCUT2D eigenvalue weighted by Gasteiger charge is 2.14. The second-order valence-corrected chi connectivity index (χ2v) is 13.3. The van der Waals surface area contributed by atoms with Crippen LogP contribution < -0.4 is 0 Å². The van der Waals surface area contributed by atoms with Crippen molar-refractivity contribution < 1.29 is 4.74 Å². The summed E-state index contributed by atoms with van der Waals surface area (Å²) in [5.41, 5.74) is 3.50. The molecule has 0 N–H and O–H groups in total. The lowest BCUT2D eigenvalue weighted by Gasteiger charge is -2.15. The number of benzene rings is 1. The summed E-state index contributed by atoms with van der Waals surface area (Å²) in [4.78, 5) is 0. The van der Waals surface area contributed by atoms with Crippen molar-refractivity contribution in [1.82, 2.24) is 9.78 Å². The van der Waals surface area contributed by atoms with Gasteiger partial charge in [0.15, 0.2) is 0 Å². The molecular weight excluding hydrogens is 370 g/mol. The van der Waals surface area contributed by atoms with Crippen LogP contribution in [0.3, 0.4) is 0 Å². The zero-order valence-electron chi connectivity index (χ0n) is 14.1. The summed E-state index contributed by atoms with van der Waals surface area (Å²) in [6.07, 6.45) is 1.98. The van der Waals surface area contributed by atoms with E-state index in [1.54, 1.807) is 6.07 Å². The molecule has 0 amide bonds. The van der Waals surface area contributed by atoms with Crippen LogP contribution in [-0.4, -0.2) is 24.5 Å². The summed E-state index contributed by atoms with van der Waals surface area (Å²) in [5.74, 6) is 0. The van der Waals surface area contributed by atoms with Gasteiger partial charge in [0.2, 0.25) is 0 Å². The smallest absolute Gasteiger partial charge is 0.139 e. The second-order valence-electron chi connectivity index (χ2n) is 6.85. The molecule has 0 bridgehead atoms. The van der Waals surface area contributed by atoms with Gasteiger partial charge >= 0.3 is 0 Å². The largest absolute Gasteiger partial charge is 0.360 e. The van der Waals surface area contributed by atoms with Gasteiger partial charge in [0, 0.05) is 30.9 Å². The van der Waals surface area contributed by atoms with Crippen molar-refractivity contribution in [3.8, 4) is 17.3 Å². The molecule has 1 aromatic carbocycles. The fourth-order valence-corrected chi connectivity index (χ4v) is 3.36. The lowest BCUT2D eigenvalue weighted by Crippen LogP contribution is -2.22. The standard InChI is InChI=1S/C17H22BrN3OSi/c1-13-11-21(12-22-7-8-23(2,3)4)20-17(13)15-9-14(10-19)5-6-16(15)18/h5-6,9,11H,7-8,12H2,1-4H3. The van der Waals surface area contributed by atoms with Crippen LogP contribution in [-0.2, 0) is 11.5 Å². The quantitative estimate of drug-likeness (QED) is 0.524. The highest BCUT2D eigenvalue weighted by atomic mass is 79.9. The molecule has 0 radical (unpaired) electrons. The number of aromatic nitrogens is 2. The van der Waals surface area contributed by atoms with Crippen LogP contribution >= 0.6 is 15.9 Å². The summed E-state index contributed by atoms with van der Waals surface area (Å²) in [7, 11) is -1.06. The molecule has 2 rings (SSSR count). The van der Waals surface area contributed by atoms with Gasteiger partial charge in [-0.15, -0.1) is 0 Å². The Morgan fingerprint density at radius 2 is 2.09 bits per heavy atom. The molecule has 0 fully saturated rings. The first kappa shape index (κ1) is 17.9. The Morgan fingerprint density at radius 3 is 2.74 bits per heavy atom. The van der Waals surface area contributed by atoms with E-state index in [9.17, 15) is 0 Å². The summed E-state index contributed by atoms with van der Waals surface area (Å²) in [6.45, 7) is 10.3. The van der Waals surface area contributed by atoms with Crippen LogP contribution in [0.1, 0.15) is 11.1 Å². The van der Waals surface area contributed by atoms with Gasteiger partial charge in [-0.05, 0) is 36.7 Å². The third-order valence-electron chi connectivity index (χ3n) is 3.52. The van der Waals surface area contributed by atoms with Gasteiger partial charge in [0.1, 0.15) is 6.73 Å². The van der Waals surface area contributed by atoms with Crippen molar-refractivity contribution in [2.45, 2.75) is 39.3 Å². The van der Waals surface area contributed by atoms with Gasteiger partial charge < -0.3 is 4.74 Å². The number of hydrogen-bond donors (Lipinski definition) is 0. The number of ether oxygens (including phenoxy) is 1. The summed E-state index contributed by atoms with van der Waals surface area (Å²) in [6, 6.07) is 8.85. The molecule has 0 spiro atoms. The molecule has 0 unspecified atom stereocenters. The molecule has 2 aromatic rings. The van der Waals surface area contributed by atoms with Crippen LogP contribution in [0.25, 0.3) is 11.3 Å². The predicted octanol–water partition coefficient (Wildman–Crippen LogP) is 4.81. The zero-order chi connectivity index (χ0) is 17.0. The van der Waals surface area contributed by atoms with E-state index in [1.165, 1.54) is 0 Å². The minimum absolute atomic E-state index is 0.459. The highest BCUT2D eigenvalue weighted by molar-refractivity contribution is 9.10. The van der Waals surface area contributed by atoms with Crippen molar-refractivity contribution in [3.63, 3.8) is 0 Å². The van der Waals surface area contributed by atoms with Crippen LogP contribution in [0.2, 0.25) is 25.7 Å². The summed E-state index contributed by atoms with van der Waals surface area (Å²) < 4.78 is 8.50. The molecule has 0 aliphatic rings. The number of hydrogen-bond acceptors (Lipinski definition) is 3. The SMILES string of the molecule is Cc1cn(COCC[Si](C)(C)C)nc1-c1cc(C#N)ccc1Br. The first-order chi connectivity index (χ1) is 10.8. The van der Waals surface area contributed by atoms with Crippen molar-refractivity contribution in [2.75, 3.05) is 6.61 Å². The first-order valence-corrected chi connectivity index (χ1v) is 12.1. The average molecular weight is 392 g/mol. The van der Waals surface area contributed by atoms with Gasteiger partial charge in [-0.3, -0.25) is 0 Å². The fraction of sp³-hybridized carbons (Fsp3) is 0.412. The highest BCUT2D eigenvalue weighted by Crippen LogP contribution is 2.30. The van der Waals surface area contributed by atoms with Crippen molar-refractivity contribution >= 4 is 24.0 Å². The lowest BCUT2D eigenvalue weighted by atomic mass is 10.1. The van der Waals surface area contributed by atoms with Crippen molar-refractivity contribution in [1.29, 1.82) is 5.26 Å². The Hall–Kier alpha value is -1.42. The molecule has 4 nitrogen and oxygen atoms in total. The molecular formula is C17H22BrN3OSi. The molecule has 0 saturated heterocycles. The Balaban J connectivity index is 2.11. The number of rotatable bonds is 6. The maximum Gasteiger partial charge on any atom is 0.139 e. The number of nitriles is 1. The molecule has 1 heterocycles. The third-order valence-corrected chi connectivity index (χ3v) is 5.91. The van der Waals surface area contributed by atoms with Crippen LogP contribution in [0.4, 0.5) is 0 Å². The van der Waals surface area contributed by atoms with E-state index in [2.05, 4.69) is 46.7 Å². The number of nitrogens with zero attached hydrogens (tertiary/aromatic N) is 3. The maximum atomic E-state index is 9.08. The Kier molecular flexibility index (Phi) is 5.79. The number of aryl methyl sites for hydroxylation is 1. The van der Waals surface area contributed by atoms with Crippen LogP contribution in [0.15, 0.2) is 28.9 Å². The molecule has 122 valence electrons. The van der Waals surface area contributed by atoms with Gasteiger partial charge in [-0.25, -0.2) is 4.68 Å². The van der Waals surface area contributed by atoms with Gasteiger partial charge in [0.25, 0.3) is 0 Å². The van der Waals surface area contributed by atoms with Crippen LogP contribution in [0.5, 0.6) is 0 Å². The van der Waals surface area contributed by atoms with Gasteiger partial charge in [-0.2, -0.15) is 10.4 Å². The van der Waals surface area contributed by atoms with E-state index in [0.29, 0.717) is 12.3 Å². The molecule has 23 heavy (non-hydrogen) atoms. The topological polar surface area (TPSA) is 50.8 Å². The van der Waals surface area contributed by atoms with E-state index < -0.39 is 8.07 Å². The van der Waals surface area contributed by atoms with E-state index in [-0.39, 0.29) is 0 Å². The van der Waals surface area contributed by atoms with Crippen LogP contribution in [0, 0.1) is 18.3 Å². The Morgan fingerprint density at radius 1 is 1.35 bits per heavy atom. The van der Waals surface area contributed by atoms with Crippen molar-refractivity contribution in [3.05, 3.63) is 40.0 Å². The van der Waals surface area contributed by atoms with Crippen molar-refractivity contribution in [2.24, 2.45) is 0 Å². The lowest BCUT2D eigenvalue weighted by molar-refractivity contribution is 0.0787. The maximum absolute atomic E-state index is 9.08. The van der Waals surface area contributed by atoms with E-state index >= 15 is 0 Å². The molecule has 0 aliphatic heterocycles. The van der Waals surface area contributed by atoms with E-state index in [4.69, 9.17) is 10.00 Å². The average Bonchev–Trinajstić information content (AvgIpc) is 2.84. The molecule has 1 aromatic heterocycles. The minimum atomic E-state index is -1.06. The Labute approximate surface area is 147 Å². The molecule has 6 heteroatoms. The molecule has 0 aliphatic carbocycles. The summed E-state index contributed by atoms with van der Waals surface area (Å²) in [5, 5.41) is 13.7. The van der Waals surface area contributed by atoms with Gasteiger partial charge in [-0.1, -0.05) is 35.6 Å². The monoisotopic (exact) mass is 391 g/mol. The third kappa shape index (κ3) is 5.03. The molecule has 0 saturated carbocycles. The van der Waals surface area contributed by atoms with E-state index in [0.717, 1.165) is 33.9 Å². The Bertz CT molecular complexity index is 728. The predicted molar refractivity (Wildman–Crippen MR) is 98.9 cm³/mol. The number of halogens is 1. The van der Waals surface area contributed by atoms with Gasteiger partial charge in [0.05, 0.1) is 17.3 Å². The normalized spacial score (nSPS) is 11.5. The summed E-state index contributed by atoms with van der Waals surface area (Å²) >= 11 is 3.54. The fourth-order valence-electron chi connectivity index (χ4n) is 2.17.